The highest BCUT2D eigenvalue weighted by Gasteiger charge is 2.18. The second-order valence-corrected chi connectivity index (χ2v) is 2.87. The average molecular weight is 215 g/mol. The van der Waals surface area contributed by atoms with E-state index in [1.54, 1.807) is 0 Å². The molecule has 76 valence electrons. The molecule has 0 aliphatic carbocycles. The van der Waals surface area contributed by atoms with Gasteiger partial charge in [0.05, 0.1) is 0 Å². The molecular weight excluding hydrogens is 195 g/mol. The van der Waals surface area contributed by atoms with Gasteiger partial charge in [-0.15, -0.1) is 24.8 Å². The van der Waals surface area contributed by atoms with Crippen molar-refractivity contribution in [3.8, 4) is 0 Å². The lowest BCUT2D eigenvalue weighted by Crippen LogP contribution is -2.36. The van der Waals surface area contributed by atoms with Gasteiger partial charge < -0.3 is 5.32 Å². The van der Waals surface area contributed by atoms with Crippen molar-refractivity contribution in [3.63, 3.8) is 0 Å². The van der Waals surface area contributed by atoms with Crippen LogP contribution in [0.15, 0.2) is 0 Å². The molecule has 0 aromatic heterocycles. The molecule has 0 spiro atoms. The maximum absolute atomic E-state index is 3.38. The smallest absolute Gasteiger partial charge is 0.0232 e. The summed E-state index contributed by atoms with van der Waals surface area (Å²) in [5, 5.41) is 3.38. The quantitative estimate of drug-likeness (QED) is 0.768. The Hall–Kier alpha value is 0.500. The molecule has 0 amide bonds. The summed E-state index contributed by atoms with van der Waals surface area (Å²) in [5.74, 6) is 0. The van der Waals surface area contributed by atoms with Gasteiger partial charge in [-0.25, -0.2) is 0 Å². The zero-order valence-electron chi connectivity index (χ0n) is 7.88. The number of hydrogen-bond donors (Lipinski definition) is 1. The Kier molecular flexibility index (Phi) is 10.1. The van der Waals surface area contributed by atoms with E-state index in [-0.39, 0.29) is 24.8 Å². The summed E-state index contributed by atoms with van der Waals surface area (Å²) < 4.78 is 0. The highest BCUT2D eigenvalue weighted by molar-refractivity contribution is 5.85. The van der Waals surface area contributed by atoms with Crippen molar-refractivity contribution in [2.24, 2.45) is 0 Å². The van der Waals surface area contributed by atoms with Crippen LogP contribution in [0.2, 0.25) is 0 Å². The predicted molar refractivity (Wildman–Crippen MR) is 58.7 cm³/mol. The third-order valence-corrected chi connectivity index (χ3v) is 2.36. The summed E-state index contributed by atoms with van der Waals surface area (Å²) in [4.78, 5) is 2.53. The van der Waals surface area contributed by atoms with Crippen molar-refractivity contribution in [3.05, 3.63) is 0 Å². The maximum atomic E-state index is 3.38. The van der Waals surface area contributed by atoms with Crippen molar-refractivity contribution in [2.45, 2.75) is 26.3 Å². The SMILES string of the molecule is CCN(CC)[C@H]1CCNC1.Cl.Cl. The summed E-state index contributed by atoms with van der Waals surface area (Å²) in [6.45, 7) is 9.28. The Labute approximate surface area is 87.9 Å². The Morgan fingerprint density at radius 3 is 2.17 bits per heavy atom. The predicted octanol–water partition coefficient (Wildman–Crippen LogP) is 1.53. The molecule has 0 unspecified atom stereocenters. The zero-order valence-corrected chi connectivity index (χ0v) is 9.51. The third-order valence-electron chi connectivity index (χ3n) is 2.36. The first kappa shape index (κ1) is 15.0. The molecule has 1 atom stereocenters. The lowest BCUT2D eigenvalue weighted by Gasteiger charge is -2.24. The Morgan fingerprint density at radius 1 is 1.25 bits per heavy atom. The second kappa shape index (κ2) is 8.11. The van der Waals surface area contributed by atoms with Gasteiger partial charge in [0.15, 0.2) is 0 Å². The molecule has 1 heterocycles. The van der Waals surface area contributed by atoms with Crippen molar-refractivity contribution in [1.29, 1.82) is 0 Å². The molecule has 1 aliphatic rings. The molecule has 0 radical (unpaired) electrons. The number of likely N-dealkylation sites (N-methyl/N-ethyl adjacent to an activating group) is 1. The lowest BCUT2D eigenvalue weighted by atomic mass is 10.2. The minimum Gasteiger partial charge on any atom is -0.315 e. The van der Waals surface area contributed by atoms with Gasteiger partial charge in [-0.1, -0.05) is 13.8 Å². The lowest BCUT2D eigenvalue weighted by molar-refractivity contribution is 0.231. The molecule has 0 bridgehead atoms. The minimum atomic E-state index is 0. The molecule has 0 saturated carbocycles. The van der Waals surface area contributed by atoms with Crippen LogP contribution in [0.25, 0.3) is 0 Å². The normalized spacial score (nSPS) is 21.8. The second-order valence-electron chi connectivity index (χ2n) is 2.87. The topological polar surface area (TPSA) is 15.3 Å². The number of halogens is 2. The standard InChI is InChI=1S/C8H18N2.2ClH/c1-3-10(4-2)8-5-6-9-7-8;;/h8-9H,3-7H2,1-2H3;2*1H/t8-;;/m0../s1. The Balaban J connectivity index is 0. The van der Waals surface area contributed by atoms with Crippen LogP contribution in [0.3, 0.4) is 0 Å². The molecule has 12 heavy (non-hydrogen) atoms. The number of hydrogen-bond acceptors (Lipinski definition) is 2. The Morgan fingerprint density at radius 2 is 1.83 bits per heavy atom. The van der Waals surface area contributed by atoms with Gasteiger partial charge in [0, 0.05) is 12.6 Å². The fourth-order valence-electron chi connectivity index (χ4n) is 1.69. The number of rotatable bonds is 3. The molecule has 1 aliphatic heterocycles. The molecule has 1 N–H and O–H groups in total. The van der Waals surface area contributed by atoms with Gasteiger partial charge in [0.25, 0.3) is 0 Å². The van der Waals surface area contributed by atoms with Gasteiger partial charge in [0.2, 0.25) is 0 Å². The highest BCUT2D eigenvalue weighted by atomic mass is 35.5. The zero-order chi connectivity index (χ0) is 7.40. The molecule has 2 nitrogen and oxygen atoms in total. The van der Waals surface area contributed by atoms with E-state index in [1.807, 2.05) is 0 Å². The van der Waals surface area contributed by atoms with Crippen molar-refractivity contribution in [1.82, 2.24) is 10.2 Å². The van der Waals surface area contributed by atoms with Crippen LogP contribution in [-0.4, -0.2) is 37.1 Å². The molecule has 4 heteroatoms. The highest BCUT2D eigenvalue weighted by Crippen LogP contribution is 2.06. The monoisotopic (exact) mass is 214 g/mol. The number of nitrogens with zero attached hydrogens (tertiary/aromatic N) is 1. The minimum absolute atomic E-state index is 0. The third kappa shape index (κ3) is 3.94. The summed E-state index contributed by atoms with van der Waals surface area (Å²) in [6.07, 6.45) is 1.34. The fraction of sp³-hybridized carbons (Fsp3) is 1.00. The summed E-state index contributed by atoms with van der Waals surface area (Å²) in [5.41, 5.74) is 0. The average Bonchev–Trinajstić information content (AvgIpc) is 2.43. The van der Waals surface area contributed by atoms with E-state index in [0.29, 0.717) is 0 Å². The molecule has 1 rings (SSSR count). The molecule has 0 aromatic carbocycles. The summed E-state index contributed by atoms with van der Waals surface area (Å²) in [6, 6.07) is 0.815. The van der Waals surface area contributed by atoms with Crippen LogP contribution < -0.4 is 5.32 Å². The van der Waals surface area contributed by atoms with E-state index >= 15 is 0 Å². The van der Waals surface area contributed by atoms with Gasteiger partial charge in [-0.3, -0.25) is 4.90 Å². The van der Waals surface area contributed by atoms with E-state index < -0.39 is 0 Å². The van der Waals surface area contributed by atoms with Crippen molar-refractivity contribution in [2.75, 3.05) is 26.2 Å². The molecule has 0 aromatic rings. The van der Waals surface area contributed by atoms with Gasteiger partial charge in [-0.2, -0.15) is 0 Å². The van der Waals surface area contributed by atoms with Crippen LogP contribution in [-0.2, 0) is 0 Å². The van der Waals surface area contributed by atoms with Crippen LogP contribution in [0, 0.1) is 0 Å². The number of nitrogens with one attached hydrogen (secondary N) is 1. The van der Waals surface area contributed by atoms with E-state index in [4.69, 9.17) is 0 Å². The van der Waals surface area contributed by atoms with Crippen molar-refractivity contribution < 1.29 is 0 Å². The summed E-state index contributed by atoms with van der Waals surface area (Å²) >= 11 is 0. The molecular formula is C8H20Cl2N2. The largest absolute Gasteiger partial charge is 0.315 e. The van der Waals surface area contributed by atoms with Gasteiger partial charge in [0.1, 0.15) is 0 Å². The van der Waals surface area contributed by atoms with E-state index in [0.717, 1.165) is 6.04 Å². The maximum Gasteiger partial charge on any atom is 0.0232 e. The van der Waals surface area contributed by atoms with E-state index in [2.05, 4.69) is 24.1 Å². The van der Waals surface area contributed by atoms with E-state index in [1.165, 1.54) is 32.6 Å². The Bertz CT molecular complexity index is 91.1. The van der Waals surface area contributed by atoms with Gasteiger partial charge >= 0.3 is 0 Å². The molecule has 1 saturated heterocycles. The van der Waals surface area contributed by atoms with E-state index in [9.17, 15) is 0 Å². The molecule has 1 fully saturated rings. The van der Waals surface area contributed by atoms with Crippen LogP contribution in [0.4, 0.5) is 0 Å². The first-order valence-electron chi connectivity index (χ1n) is 4.33. The van der Waals surface area contributed by atoms with Crippen LogP contribution in [0.1, 0.15) is 20.3 Å². The first-order chi connectivity index (χ1) is 4.88. The van der Waals surface area contributed by atoms with Crippen LogP contribution >= 0.6 is 24.8 Å². The van der Waals surface area contributed by atoms with Crippen LogP contribution in [0.5, 0.6) is 0 Å². The van der Waals surface area contributed by atoms with Gasteiger partial charge in [-0.05, 0) is 26.1 Å². The summed E-state index contributed by atoms with van der Waals surface area (Å²) in [7, 11) is 0. The van der Waals surface area contributed by atoms with Crippen molar-refractivity contribution >= 4 is 24.8 Å². The first-order valence-corrected chi connectivity index (χ1v) is 4.33. The fourth-order valence-corrected chi connectivity index (χ4v) is 1.69.